The van der Waals surface area contributed by atoms with Crippen LogP contribution in [0.15, 0.2) is 66.7 Å². The molecule has 7 rings (SSSR count). The van der Waals surface area contributed by atoms with Gasteiger partial charge < -0.3 is 79.1 Å². The molecule has 0 radical (unpaired) electrons. The maximum atomic E-state index is 15.1. The third-order valence-electron chi connectivity index (χ3n) is 20.9. The van der Waals surface area contributed by atoms with Crippen molar-refractivity contribution in [2.45, 2.75) is 268 Å². The molecule has 2 aliphatic heterocycles. The zero-order valence-corrected chi connectivity index (χ0v) is 64.7. The molecular formula is C77H114N12O15S2. The van der Waals surface area contributed by atoms with Gasteiger partial charge in [-0.05, 0) is 162 Å². The standard InChI is InChI=1S/C77H114N12O15S2/c1-11-17-56-68(97)79-44(4)66(95)82-57(37-47-25-29-53(91)30-26-47)70(99)88-77(10,43(2)3)75(104)80-45(5)67(96)85-60(65(78)94)42-106-41-50-19-14-18-49(36-50)40-105-35-33-62(93)86-64(76(7,8)9)73(102)84-59(38-48-27-31-54(92)32-28-48)74(103)89-34-16-24-61(89)71(100)87-63(46(6)90)72(101)83-58(69(98)81-56)39-52-22-15-21-51-20-12-13-23-55(51)52/h12-15,18-23,36,43-48,53-54,56-61,63-64,90-92H,11,16-17,24-35,37-42H2,1-10H3,(H2,78,94)(H,79,97)(H,80,104)(H,81,98)(H,82,95)(H,83,101)(H,84,102)(H,85,96)(H,86,93)(H,87,100)(H,88,99)/t44-,45-,46+,47?,48?,53?,54?,56-,57-,58-,59-,60-,61-,63-,64+,77-/m0/s1. The highest BCUT2D eigenvalue weighted by Crippen LogP contribution is 2.32. The van der Waals surface area contributed by atoms with Gasteiger partial charge in [-0.1, -0.05) is 115 Å². The van der Waals surface area contributed by atoms with E-state index in [1.165, 1.54) is 56.1 Å². The topological polar surface area (TPSA) is 415 Å². The number of aliphatic hydroxyl groups excluding tert-OH is 3. The second-order valence-corrected chi connectivity index (χ2v) is 33.0. The molecule has 3 aromatic rings. The predicted octanol–water partition coefficient (Wildman–Crippen LogP) is 3.47. The molecule has 3 aromatic carbocycles. The summed E-state index contributed by atoms with van der Waals surface area (Å²) in [5.74, 6) is -8.26. The lowest BCUT2D eigenvalue weighted by Crippen LogP contribution is -2.65. The summed E-state index contributed by atoms with van der Waals surface area (Å²) in [7, 11) is 0. The van der Waals surface area contributed by atoms with Gasteiger partial charge in [0.25, 0.3) is 0 Å². The number of amides is 12. The van der Waals surface area contributed by atoms with E-state index in [1.807, 2.05) is 54.6 Å². The number of rotatable bonds is 11. The fourth-order valence-electron chi connectivity index (χ4n) is 14.0. The van der Waals surface area contributed by atoms with Crippen LogP contribution in [0, 0.1) is 23.2 Å². The number of primary amides is 1. The fourth-order valence-corrected chi connectivity index (χ4v) is 15.9. The summed E-state index contributed by atoms with van der Waals surface area (Å²) in [4.78, 5) is 174. The summed E-state index contributed by atoms with van der Waals surface area (Å²) in [6, 6.07) is 7.55. The van der Waals surface area contributed by atoms with Crippen LogP contribution in [0.3, 0.4) is 0 Å². The van der Waals surface area contributed by atoms with Gasteiger partial charge in [0, 0.05) is 42.4 Å². The lowest BCUT2D eigenvalue weighted by Gasteiger charge is -2.36. The number of carbonyl (C=O) groups is 12. The number of thioether (sulfide) groups is 2. The average molecular weight is 1510 g/mol. The van der Waals surface area contributed by atoms with Crippen molar-refractivity contribution in [2.24, 2.45) is 28.9 Å². The van der Waals surface area contributed by atoms with E-state index in [-0.39, 0.29) is 62.7 Å². The number of benzene rings is 3. The molecule has 106 heavy (non-hydrogen) atoms. The first-order chi connectivity index (χ1) is 50.1. The minimum atomic E-state index is -1.71. The molecule has 584 valence electrons. The van der Waals surface area contributed by atoms with Crippen molar-refractivity contribution in [3.63, 3.8) is 0 Å². The van der Waals surface area contributed by atoms with Crippen LogP contribution >= 0.6 is 23.5 Å². The average Bonchev–Trinajstić information content (AvgIpc) is 1.18. The Hall–Kier alpha value is -7.86. The number of fused-ring (bicyclic) bond motifs is 4. The van der Waals surface area contributed by atoms with E-state index in [9.17, 15) is 68.1 Å². The van der Waals surface area contributed by atoms with E-state index in [4.69, 9.17) is 5.73 Å². The van der Waals surface area contributed by atoms with Crippen LogP contribution in [0.25, 0.3) is 10.8 Å². The molecule has 15 N–H and O–H groups in total. The molecule has 2 bridgehead atoms. The summed E-state index contributed by atoms with van der Waals surface area (Å²) in [5.41, 5.74) is 5.73. The van der Waals surface area contributed by atoms with Gasteiger partial charge in [-0.3, -0.25) is 57.5 Å². The number of carbonyl (C=O) groups excluding carboxylic acids is 12. The molecule has 3 fully saturated rings. The molecule has 1 saturated heterocycles. The van der Waals surface area contributed by atoms with Crippen LogP contribution in [-0.4, -0.2) is 193 Å². The molecule has 2 aliphatic carbocycles. The van der Waals surface area contributed by atoms with Crippen molar-refractivity contribution in [3.05, 3.63) is 83.4 Å². The summed E-state index contributed by atoms with van der Waals surface area (Å²) in [6.07, 6.45) is 2.46. The van der Waals surface area contributed by atoms with Crippen LogP contribution in [0.4, 0.5) is 0 Å². The van der Waals surface area contributed by atoms with Crippen LogP contribution in [0.1, 0.15) is 182 Å². The highest BCUT2D eigenvalue weighted by atomic mass is 32.2. The first-order valence-electron chi connectivity index (χ1n) is 37.5. The molecule has 0 spiro atoms. The van der Waals surface area contributed by atoms with Gasteiger partial charge in [-0.15, -0.1) is 0 Å². The van der Waals surface area contributed by atoms with Crippen molar-refractivity contribution in [2.75, 3.05) is 18.1 Å². The summed E-state index contributed by atoms with van der Waals surface area (Å²) < 4.78 is 0. The van der Waals surface area contributed by atoms with Crippen molar-refractivity contribution in [1.29, 1.82) is 0 Å². The number of nitrogens with two attached hydrogens (primary N) is 1. The van der Waals surface area contributed by atoms with Gasteiger partial charge >= 0.3 is 0 Å². The smallest absolute Gasteiger partial charge is 0.246 e. The quantitative estimate of drug-likeness (QED) is 0.131. The third kappa shape index (κ3) is 24.6. The Balaban J connectivity index is 1.19. The summed E-state index contributed by atoms with van der Waals surface area (Å²) in [5, 5.41) is 61.6. The molecule has 12 atom stereocenters. The van der Waals surface area contributed by atoms with Crippen LogP contribution in [0.5, 0.6) is 0 Å². The molecule has 29 heteroatoms. The Kier molecular flexibility index (Phi) is 32.1. The third-order valence-corrected chi connectivity index (χ3v) is 23.1. The van der Waals surface area contributed by atoms with Crippen molar-refractivity contribution < 1.29 is 72.9 Å². The van der Waals surface area contributed by atoms with Gasteiger partial charge in [0.05, 0.1) is 18.3 Å². The minimum absolute atomic E-state index is 0.0417. The number of aliphatic hydroxyl groups is 3. The Morgan fingerprint density at radius 2 is 1.17 bits per heavy atom. The van der Waals surface area contributed by atoms with E-state index in [2.05, 4.69) is 53.2 Å². The molecule has 0 aromatic heterocycles. The zero-order chi connectivity index (χ0) is 77.7. The molecule has 12 amide bonds. The highest BCUT2D eigenvalue weighted by molar-refractivity contribution is 7.98. The number of nitrogens with one attached hydrogen (secondary N) is 10. The van der Waals surface area contributed by atoms with Crippen LogP contribution in [-0.2, 0) is 75.5 Å². The highest BCUT2D eigenvalue weighted by Gasteiger charge is 2.45. The van der Waals surface area contributed by atoms with Gasteiger partial charge in [-0.25, -0.2) is 0 Å². The molecule has 27 nitrogen and oxygen atoms in total. The summed E-state index contributed by atoms with van der Waals surface area (Å²) >= 11 is 2.84. The van der Waals surface area contributed by atoms with Gasteiger partial charge in [0.1, 0.15) is 66.0 Å². The normalized spacial score (nSPS) is 30.0. The number of nitrogens with zero attached hydrogens (tertiary/aromatic N) is 1. The van der Waals surface area contributed by atoms with E-state index < -0.39 is 166 Å². The summed E-state index contributed by atoms with van der Waals surface area (Å²) in [6.45, 7) is 16.2. The Morgan fingerprint density at radius 1 is 0.613 bits per heavy atom. The van der Waals surface area contributed by atoms with Gasteiger partial charge in [0.15, 0.2) is 0 Å². The Labute approximate surface area is 631 Å². The molecule has 0 unspecified atom stereocenters. The molecule has 2 heterocycles. The molecule has 2 saturated carbocycles. The van der Waals surface area contributed by atoms with E-state index in [1.54, 1.807) is 53.7 Å². The van der Waals surface area contributed by atoms with Gasteiger partial charge in [0.2, 0.25) is 70.9 Å². The van der Waals surface area contributed by atoms with Crippen LogP contribution in [0.2, 0.25) is 0 Å². The molecular weight excluding hydrogens is 1400 g/mol. The first kappa shape index (κ1) is 85.4. The second-order valence-electron chi connectivity index (χ2n) is 30.9. The number of hydrogen-bond acceptors (Lipinski definition) is 17. The maximum Gasteiger partial charge on any atom is 0.246 e. The van der Waals surface area contributed by atoms with Crippen molar-refractivity contribution >= 4 is 105 Å². The van der Waals surface area contributed by atoms with Gasteiger partial charge in [-0.2, -0.15) is 23.5 Å². The first-order valence-corrected chi connectivity index (χ1v) is 39.9. The zero-order valence-electron chi connectivity index (χ0n) is 63.0. The van der Waals surface area contributed by atoms with E-state index >= 15 is 4.79 Å². The SMILES string of the molecule is CCC[C@@H]1NC(=O)[C@H](Cc2cccc3ccccc23)NC(=O)[C@H]([C@@H](C)O)NC(=O)[C@@H]2CCCN2C(=O)[C@H](CC2CCC(O)CC2)NC(=O)[C@H](C(C)(C)C)NC(=O)CCSCc2cccc(c2)CSC[C@@H](C(N)=O)NC(=O)[C@H](C)NC(=O)[C@](C)(C(C)C)NC(=O)[C@H](CC2CCC(O)CC2)NC(=O)[C@H](C)NC1=O. The van der Waals surface area contributed by atoms with E-state index in [0.717, 1.165) is 21.9 Å². The lowest BCUT2D eigenvalue weighted by atomic mass is 9.82. The van der Waals surface area contributed by atoms with Crippen molar-refractivity contribution in [3.8, 4) is 0 Å². The molecule has 4 aliphatic rings. The number of hydrogen-bond donors (Lipinski definition) is 14. The lowest BCUT2D eigenvalue weighted by molar-refractivity contribution is -0.144. The Morgan fingerprint density at radius 3 is 1.78 bits per heavy atom. The van der Waals surface area contributed by atoms with E-state index in [0.29, 0.717) is 87.0 Å². The largest absolute Gasteiger partial charge is 0.393 e. The van der Waals surface area contributed by atoms with Crippen LogP contribution < -0.4 is 58.9 Å². The van der Waals surface area contributed by atoms with Crippen molar-refractivity contribution in [1.82, 2.24) is 58.1 Å². The predicted molar refractivity (Wildman–Crippen MR) is 406 cm³/mol. The minimum Gasteiger partial charge on any atom is -0.393 e. The second kappa shape index (κ2) is 39.8. The fraction of sp³-hybridized carbons (Fsp3) is 0.636. The maximum absolute atomic E-state index is 15.1. The Bertz CT molecular complexity index is 3570. The monoisotopic (exact) mass is 1510 g/mol.